The van der Waals surface area contributed by atoms with Gasteiger partial charge < -0.3 is 20.5 Å². The summed E-state index contributed by atoms with van der Waals surface area (Å²) in [5, 5.41) is 14.2. The van der Waals surface area contributed by atoms with Crippen LogP contribution in [0.5, 0.6) is 0 Å². The van der Waals surface area contributed by atoms with Crippen LogP contribution in [0.3, 0.4) is 0 Å². The summed E-state index contributed by atoms with van der Waals surface area (Å²) in [5.74, 6) is -0.641. The lowest BCUT2D eigenvalue weighted by Gasteiger charge is -2.14. The van der Waals surface area contributed by atoms with Crippen LogP contribution < -0.4 is 10.6 Å². The Hall–Kier alpha value is -3.00. The fourth-order valence-corrected chi connectivity index (χ4v) is 4.32. The number of alkyl carbamates (subject to hydrolysis) is 1. The summed E-state index contributed by atoms with van der Waals surface area (Å²) in [7, 11) is 0. The number of carboxylic acid groups (broad SMARTS) is 1. The molecule has 0 saturated heterocycles. The molecule has 0 saturated carbocycles. The van der Waals surface area contributed by atoms with Crippen LogP contribution in [-0.4, -0.2) is 54.3 Å². The van der Waals surface area contributed by atoms with Crippen molar-refractivity contribution in [1.82, 2.24) is 10.6 Å². The Balaban J connectivity index is 1.33. The summed E-state index contributed by atoms with van der Waals surface area (Å²) in [6, 6.07) is 16.4. The van der Waals surface area contributed by atoms with E-state index in [1.165, 1.54) is 34.0 Å². The van der Waals surface area contributed by atoms with Gasteiger partial charge in [0.05, 0.1) is 11.7 Å². The van der Waals surface area contributed by atoms with Gasteiger partial charge in [0.1, 0.15) is 6.61 Å². The van der Waals surface area contributed by atoms with Gasteiger partial charge in [-0.05, 0) is 28.7 Å². The molecule has 2 amide bonds. The van der Waals surface area contributed by atoms with Crippen molar-refractivity contribution in [2.75, 3.05) is 31.2 Å². The third-order valence-electron chi connectivity index (χ3n) is 5.41. The molecule has 0 radical (unpaired) electrons. The second kappa shape index (κ2) is 11.6. The first-order valence-electron chi connectivity index (χ1n) is 10.6. The Morgan fingerprint density at radius 2 is 1.62 bits per heavy atom. The van der Waals surface area contributed by atoms with Crippen molar-refractivity contribution in [3.05, 3.63) is 59.7 Å². The van der Waals surface area contributed by atoms with Gasteiger partial charge >= 0.3 is 12.1 Å². The van der Waals surface area contributed by atoms with Crippen molar-refractivity contribution in [2.24, 2.45) is 5.92 Å². The number of benzene rings is 2. The van der Waals surface area contributed by atoms with E-state index in [0.717, 1.165) is 0 Å². The maximum atomic E-state index is 12.1. The van der Waals surface area contributed by atoms with E-state index in [1.807, 2.05) is 24.3 Å². The van der Waals surface area contributed by atoms with Crippen molar-refractivity contribution < 1.29 is 24.2 Å². The Labute approximate surface area is 191 Å². The highest BCUT2D eigenvalue weighted by Gasteiger charge is 2.28. The number of rotatable bonds is 11. The Morgan fingerprint density at radius 1 is 1.00 bits per heavy atom. The molecule has 1 aliphatic carbocycles. The first-order chi connectivity index (χ1) is 15.5. The third kappa shape index (κ3) is 6.26. The van der Waals surface area contributed by atoms with Crippen LogP contribution in [0, 0.1) is 5.92 Å². The molecule has 0 heterocycles. The molecule has 0 aromatic heterocycles. The maximum Gasteiger partial charge on any atom is 0.407 e. The number of carbonyl (C=O) groups excluding carboxylic acids is 2. The first-order valence-corrected chi connectivity index (χ1v) is 11.8. The van der Waals surface area contributed by atoms with E-state index in [2.05, 4.69) is 34.9 Å². The third-order valence-corrected chi connectivity index (χ3v) is 6.37. The first kappa shape index (κ1) is 23.7. The summed E-state index contributed by atoms with van der Waals surface area (Å²) in [5.41, 5.74) is 4.70. The van der Waals surface area contributed by atoms with Crippen LogP contribution in [0.15, 0.2) is 48.5 Å². The van der Waals surface area contributed by atoms with Gasteiger partial charge in [-0.1, -0.05) is 55.5 Å². The molecule has 1 unspecified atom stereocenters. The van der Waals surface area contributed by atoms with Crippen molar-refractivity contribution in [2.45, 2.75) is 19.3 Å². The quantitative estimate of drug-likeness (QED) is 0.447. The topological polar surface area (TPSA) is 105 Å². The number of carboxylic acids is 1. The molecule has 2 aromatic rings. The molecule has 0 bridgehead atoms. The number of aliphatic carboxylic acids is 1. The minimum atomic E-state index is -0.868. The van der Waals surface area contributed by atoms with Gasteiger partial charge in [-0.2, -0.15) is 11.8 Å². The number of carbonyl (C=O) groups is 3. The van der Waals surface area contributed by atoms with Crippen molar-refractivity contribution in [3.63, 3.8) is 0 Å². The fraction of sp³-hybridized carbons (Fsp3) is 0.375. The van der Waals surface area contributed by atoms with Crippen molar-refractivity contribution >= 4 is 29.7 Å². The maximum absolute atomic E-state index is 12.1. The number of amides is 2. The normalized spacial score (nSPS) is 13.0. The summed E-state index contributed by atoms with van der Waals surface area (Å²) in [4.78, 5) is 34.6. The summed E-state index contributed by atoms with van der Waals surface area (Å²) in [6.45, 7) is 2.61. The largest absolute Gasteiger partial charge is 0.481 e. The second-order valence-electron chi connectivity index (χ2n) is 7.68. The molecule has 1 atom stereocenters. The van der Waals surface area contributed by atoms with Gasteiger partial charge in [0.2, 0.25) is 5.91 Å². The molecular weight excluding hydrogens is 428 g/mol. The van der Waals surface area contributed by atoms with E-state index in [0.29, 0.717) is 25.3 Å². The molecule has 0 aliphatic heterocycles. The van der Waals surface area contributed by atoms with Gasteiger partial charge in [-0.25, -0.2) is 4.79 Å². The zero-order valence-corrected chi connectivity index (χ0v) is 18.8. The molecule has 7 nitrogen and oxygen atoms in total. The summed E-state index contributed by atoms with van der Waals surface area (Å²) >= 11 is 1.39. The molecule has 3 rings (SSSR count). The van der Waals surface area contributed by atoms with Crippen molar-refractivity contribution in [1.29, 1.82) is 0 Å². The molecule has 32 heavy (non-hydrogen) atoms. The fourth-order valence-electron chi connectivity index (χ4n) is 3.64. The van der Waals surface area contributed by atoms with Crippen LogP contribution in [-0.2, 0) is 14.3 Å². The lowest BCUT2D eigenvalue weighted by Crippen LogP contribution is -2.30. The van der Waals surface area contributed by atoms with E-state index >= 15 is 0 Å². The average molecular weight is 457 g/mol. The number of nitrogens with one attached hydrogen (secondary N) is 2. The second-order valence-corrected chi connectivity index (χ2v) is 8.79. The van der Waals surface area contributed by atoms with Gasteiger partial charge in [0.15, 0.2) is 0 Å². The van der Waals surface area contributed by atoms with Crippen LogP contribution in [0.1, 0.15) is 30.4 Å². The Kier molecular flexibility index (Phi) is 8.56. The van der Waals surface area contributed by atoms with Gasteiger partial charge in [-0.15, -0.1) is 0 Å². The van der Waals surface area contributed by atoms with Crippen LogP contribution in [0.2, 0.25) is 0 Å². The van der Waals surface area contributed by atoms with E-state index in [-0.39, 0.29) is 24.2 Å². The lowest BCUT2D eigenvalue weighted by atomic mass is 9.98. The monoisotopic (exact) mass is 456 g/mol. The number of thioether (sulfide) groups is 1. The molecular formula is C24H28N2O5S. The lowest BCUT2D eigenvalue weighted by molar-refractivity contribution is -0.141. The predicted octanol–water partition coefficient (Wildman–Crippen LogP) is 3.49. The Morgan fingerprint density at radius 3 is 2.25 bits per heavy atom. The number of hydrogen-bond donors (Lipinski definition) is 3. The average Bonchev–Trinajstić information content (AvgIpc) is 3.11. The molecule has 0 spiro atoms. The zero-order chi connectivity index (χ0) is 22.9. The number of ether oxygens (including phenoxy) is 1. The molecule has 3 N–H and O–H groups in total. The molecule has 8 heteroatoms. The number of fused-ring (bicyclic) bond motifs is 3. The van der Waals surface area contributed by atoms with E-state index < -0.39 is 18.0 Å². The highest BCUT2D eigenvalue weighted by molar-refractivity contribution is 7.99. The molecule has 2 aromatic carbocycles. The smallest absolute Gasteiger partial charge is 0.407 e. The zero-order valence-electron chi connectivity index (χ0n) is 18.0. The molecule has 0 fully saturated rings. The van der Waals surface area contributed by atoms with Crippen molar-refractivity contribution in [3.8, 4) is 11.1 Å². The predicted molar refractivity (Wildman–Crippen MR) is 125 cm³/mol. The van der Waals surface area contributed by atoms with Crippen LogP contribution >= 0.6 is 11.8 Å². The minimum Gasteiger partial charge on any atom is -0.481 e. The van der Waals surface area contributed by atoms with Crippen LogP contribution in [0.4, 0.5) is 4.79 Å². The highest BCUT2D eigenvalue weighted by Crippen LogP contribution is 2.44. The summed E-state index contributed by atoms with van der Waals surface area (Å²) < 4.78 is 5.48. The van der Waals surface area contributed by atoms with Gasteiger partial charge in [0.25, 0.3) is 0 Å². The van der Waals surface area contributed by atoms with E-state index in [1.54, 1.807) is 6.92 Å². The van der Waals surface area contributed by atoms with Gasteiger partial charge in [-0.3, -0.25) is 9.59 Å². The van der Waals surface area contributed by atoms with E-state index in [9.17, 15) is 14.4 Å². The SMILES string of the molecule is CC(CCNC(=O)CSCCNC(=O)OCC1c2ccccc2-c2ccccc21)C(=O)O. The number of hydrogen-bond acceptors (Lipinski definition) is 5. The minimum absolute atomic E-state index is 0.0232. The molecule has 1 aliphatic rings. The van der Waals surface area contributed by atoms with E-state index in [4.69, 9.17) is 9.84 Å². The van der Waals surface area contributed by atoms with Gasteiger partial charge in [0, 0.05) is 24.8 Å². The standard InChI is InChI=1S/C24H28N2O5S/c1-16(23(28)29)10-11-25-22(27)15-32-13-12-26-24(30)31-14-21-19-8-4-2-6-17(19)18-7-3-5-9-20(18)21/h2-9,16,21H,10-15H2,1H3,(H,25,27)(H,26,30)(H,28,29). The molecule has 170 valence electrons. The Bertz CT molecular complexity index is 919. The van der Waals surface area contributed by atoms with Crippen LogP contribution in [0.25, 0.3) is 11.1 Å². The summed E-state index contributed by atoms with van der Waals surface area (Å²) in [6.07, 6.45) is -0.0747. The highest BCUT2D eigenvalue weighted by atomic mass is 32.2.